The zero-order chi connectivity index (χ0) is 14.7. The van der Waals surface area contributed by atoms with Crippen molar-refractivity contribution in [3.05, 3.63) is 35.4 Å². The summed E-state index contributed by atoms with van der Waals surface area (Å²) in [7, 11) is 4.09. The monoisotopic (exact) mass is 276 g/mol. The van der Waals surface area contributed by atoms with Gasteiger partial charge >= 0.3 is 5.97 Å². The average molecular weight is 276 g/mol. The summed E-state index contributed by atoms with van der Waals surface area (Å²) in [6.45, 7) is 1.35. The van der Waals surface area contributed by atoms with Crippen LogP contribution < -0.4 is 0 Å². The third-order valence-corrected chi connectivity index (χ3v) is 3.87. The molecule has 0 bridgehead atoms. The highest BCUT2D eigenvalue weighted by Gasteiger charge is 2.26. The Bertz CT molecular complexity index is 506. The first kappa shape index (κ1) is 14.5. The Morgan fingerprint density at radius 1 is 1.15 bits per heavy atom. The highest BCUT2D eigenvalue weighted by molar-refractivity contribution is 6.04. The molecule has 2 rings (SSSR count). The number of carboxylic acids is 1. The van der Waals surface area contributed by atoms with Crippen molar-refractivity contribution in [2.75, 3.05) is 27.2 Å². The highest BCUT2D eigenvalue weighted by Crippen LogP contribution is 2.18. The van der Waals surface area contributed by atoms with Crippen LogP contribution in [0.2, 0.25) is 0 Å². The van der Waals surface area contributed by atoms with E-state index in [1.165, 1.54) is 6.07 Å². The Morgan fingerprint density at radius 2 is 1.70 bits per heavy atom. The molecule has 5 nitrogen and oxygen atoms in total. The maximum Gasteiger partial charge on any atom is 0.336 e. The number of amides is 1. The van der Waals surface area contributed by atoms with Gasteiger partial charge in [-0.25, -0.2) is 4.79 Å². The van der Waals surface area contributed by atoms with Gasteiger partial charge in [0.1, 0.15) is 0 Å². The normalized spacial score (nSPS) is 16.4. The molecular formula is C15H20N2O3. The van der Waals surface area contributed by atoms with Crippen molar-refractivity contribution in [3.63, 3.8) is 0 Å². The minimum Gasteiger partial charge on any atom is -0.478 e. The quantitative estimate of drug-likeness (QED) is 0.910. The zero-order valence-corrected chi connectivity index (χ0v) is 11.9. The molecule has 0 unspecified atom stereocenters. The fourth-order valence-corrected chi connectivity index (χ4v) is 2.61. The van der Waals surface area contributed by atoms with Crippen molar-refractivity contribution in [2.45, 2.75) is 18.9 Å². The van der Waals surface area contributed by atoms with Crippen LogP contribution in [-0.4, -0.2) is 60.0 Å². The molecule has 1 heterocycles. The van der Waals surface area contributed by atoms with Gasteiger partial charge in [-0.05, 0) is 39.1 Å². The summed E-state index contributed by atoms with van der Waals surface area (Å²) in [5, 5.41) is 9.15. The number of piperidine rings is 1. The maximum absolute atomic E-state index is 12.5. The van der Waals surface area contributed by atoms with Crippen molar-refractivity contribution in [1.29, 1.82) is 0 Å². The van der Waals surface area contributed by atoms with E-state index in [4.69, 9.17) is 5.11 Å². The highest BCUT2D eigenvalue weighted by atomic mass is 16.4. The lowest BCUT2D eigenvalue weighted by Gasteiger charge is -2.35. The first-order chi connectivity index (χ1) is 9.50. The lowest BCUT2D eigenvalue weighted by atomic mass is 10.0. The van der Waals surface area contributed by atoms with Crippen LogP contribution in [0.5, 0.6) is 0 Å². The molecule has 0 aliphatic carbocycles. The molecule has 1 aromatic carbocycles. The van der Waals surface area contributed by atoms with Crippen LogP contribution in [0.4, 0.5) is 0 Å². The number of hydrogen-bond donors (Lipinski definition) is 1. The van der Waals surface area contributed by atoms with E-state index in [0.717, 1.165) is 12.8 Å². The molecule has 1 saturated heterocycles. The summed E-state index contributed by atoms with van der Waals surface area (Å²) in [5.74, 6) is -1.24. The fraction of sp³-hybridized carbons (Fsp3) is 0.467. The lowest BCUT2D eigenvalue weighted by Crippen LogP contribution is -2.44. The van der Waals surface area contributed by atoms with E-state index in [1.807, 2.05) is 14.1 Å². The van der Waals surface area contributed by atoms with Gasteiger partial charge in [-0.1, -0.05) is 12.1 Å². The predicted molar refractivity (Wildman–Crippen MR) is 76.0 cm³/mol. The number of hydrogen-bond acceptors (Lipinski definition) is 3. The van der Waals surface area contributed by atoms with E-state index >= 15 is 0 Å². The molecule has 1 amide bonds. The van der Waals surface area contributed by atoms with Gasteiger partial charge in [-0.15, -0.1) is 0 Å². The minimum absolute atomic E-state index is 0.0761. The molecular weight excluding hydrogens is 256 g/mol. The third-order valence-electron chi connectivity index (χ3n) is 3.87. The summed E-state index contributed by atoms with van der Waals surface area (Å²) >= 11 is 0. The minimum atomic E-state index is -1.06. The largest absolute Gasteiger partial charge is 0.478 e. The Hall–Kier alpha value is -1.88. The van der Waals surface area contributed by atoms with Gasteiger partial charge in [0.2, 0.25) is 0 Å². The summed E-state index contributed by atoms with van der Waals surface area (Å²) < 4.78 is 0. The number of aromatic carboxylic acids is 1. The molecule has 1 fully saturated rings. The van der Waals surface area contributed by atoms with E-state index in [2.05, 4.69) is 4.90 Å². The topological polar surface area (TPSA) is 60.9 Å². The van der Waals surface area contributed by atoms with Gasteiger partial charge in [0.15, 0.2) is 0 Å². The van der Waals surface area contributed by atoms with Crippen LogP contribution in [0.15, 0.2) is 24.3 Å². The third kappa shape index (κ3) is 2.99. The Kier molecular flexibility index (Phi) is 4.39. The molecule has 0 atom stereocenters. The van der Waals surface area contributed by atoms with Crippen molar-refractivity contribution in [1.82, 2.24) is 9.80 Å². The van der Waals surface area contributed by atoms with Crippen LogP contribution in [0, 0.1) is 0 Å². The van der Waals surface area contributed by atoms with Crippen molar-refractivity contribution >= 4 is 11.9 Å². The number of benzene rings is 1. The summed E-state index contributed by atoms with van der Waals surface area (Å²) in [6.07, 6.45) is 1.85. The predicted octanol–water partition coefficient (Wildman–Crippen LogP) is 1.55. The van der Waals surface area contributed by atoms with E-state index < -0.39 is 5.97 Å². The lowest BCUT2D eigenvalue weighted by molar-refractivity contribution is 0.0635. The first-order valence-corrected chi connectivity index (χ1v) is 6.78. The number of nitrogens with zero attached hydrogens (tertiary/aromatic N) is 2. The number of rotatable bonds is 3. The van der Waals surface area contributed by atoms with Gasteiger partial charge in [0.05, 0.1) is 11.1 Å². The number of carbonyl (C=O) groups excluding carboxylic acids is 1. The number of likely N-dealkylation sites (tertiary alicyclic amines) is 1. The summed E-state index contributed by atoms with van der Waals surface area (Å²) in [6, 6.07) is 6.89. The molecule has 1 aliphatic heterocycles. The molecule has 1 N–H and O–H groups in total. The number of carbonyl (C=O) groups is 2. The second kappa shape index (κ2) is 6.05. The van der Waals surface area contributed by atoms with E-state index in [0.29, 0.717) is 19.1 Å². The molecule has 0 aromatic heterocycles. The van der Waals surface area contributed by atoms with Crippen LogP contribution in [-0.2, 0) is 0 Å². The van der Waals surface area contributed by atoms with E-state index in [1.54, 1.807) is 23.1 Å². The molecule has 1 aromatic rings. The second-order valence-electron chi connectivity index (χ2n) is 5.34. The molecule has 5 heteroatoms. The van der Waals surface area contributed by atoms with Gasteiger partial charge in [0.25, 0.3) is 5.91 Å². The average Bonchev–Trinajstić information content (AvgIpc) is 2.46. The van der Waals surface area contributed by atoms with Crippen molar-refractivity contribution in [3.8, 4) is 0 Å². The zero-order valence-electron chi connectivity index (χ0n) is 11.9. The van der Waals surface area contributed by atoms with Crippen LogP contribution >= 0.6 is 0 Å². The molecule has 20 heavy (non-hydrogen) atoms. The summed E-state index contributed by atoms with van der Waals surface area (Å²) in [5.41, 5.74) is 0.357. The Balaban J connectivity index is 2.12. The van der Waals surface area contributed by atoms with Crippen LogP contribution in [0.25, 0.3) is 0 Å². The standard InChI is InChI=1S/C15H20N2O3/c1-16(2)11-7-9-17(10-8-11)14(18)12-5-3-4-6-13(12)15(19)20/h3-6,11H,7-10H2,1-2H3,(H,19,20). The smallest absolute Gasteiger partial charge is 0.336 e. The maximum atomic E-state index is 12.5. The van der Waals surface area contributed by atoms with E-state index in [-0.39, 0.29) is 17.0 Å². The molecule has 108 valence electrons. The Labute approximate surface area is 118 Å². The van der Waals surface area contributed by atoms with Gasteiger partial charge in [0, 0.05) is 19.1 Å². The summed E-state index contributed by atoms with van der Waals surface area (Å²) in [4.78, 5) is 27.5. The molecule has 0 saturated carbocycles. The van der Waals surface area contributed by atoms with Gasteiger partial charge < -0.3 is 14.9 Å². The van der Waals surface area contributed by atoms with Crippen LogP contribution in [0.1, 0.15) is 33.6 Å². The van der Waals surface area contributed by atoms with Gasteiger partial charge in [-0.3, -0.25) is 4.79 Å². The first-order valence-electron chi connectivity index (χ1n) is 6.78. The SMILES string of the molecule is CN(C)C1CCN(C(=O)c2ccccc2C(=O)O)CC1. The van der Waals surface area contributed by atoms with Gasteiger partial charge in [-0.2, -0.15) is 0 Å². The van der Waals surface area contributed by atoms with Crippen molar-refractivity contribution < 1.29 is 14.7 Å². The second-order valence-corrected chi connectivity index (χ2v) is 5.34. The van der Waals surface area contributed by atoms with Crippen LogP contribution in [0.3, 0.4) is 0 Å². The number of carboxylic acid groups (broad SMARTS) is 1. The van der Waals surface area contributed by atoms with E-state index in [9.17, 15) is 9.59 Å². The molecule has 0 radical (unpaired) electrons. The molecule has 0 spiro atoms. The molecule has 1 aliphatic rings. The van der Waals surface area contributed by atoms with Crippen molar-refractivity contribution in [2.24, 2.45) is 0 Å². The Morgan fingerprint density at radius 3 is 2.20 bits per heavy atom. The fourth-order valence-electron chi connectivity index (χ4n) is 2.61.